The lowest BCUT2D eigenvalue weighted by molar-refractivity contribution is -0.253. The van der Waals surface area contributed by atoms with Gasteiger partial charge in [0.05, 0.1) is 0 Å². The van der Waals surface area contributed by atoms with E-state index in [1.807, 2.05) is 0 Å². The minimum atomic E-state index is 0.497. The van der Waals surface area contributed by atoms with Crippen molar-refractivity contribution in [3.05, 3.63) is 0 Å². The minimum Gasteiger partial charge on any atom is -0.0620 e. The second-order valence-electron chi connectivity index (χ2n) is 27.1. The highest BCUT2D eigenvalue weighted by Gasteiger charge is 2.82. The predicted molar refractivity (Wildman–Crippen MR) is 237 cm³/mol. The summed E-state index contributed by atoms with van der Waals surface area (Å²) in [5, 5.41) is 0. The van der Waals surface area contributed by atoms with Gasteiger partial charge < -0.3 is 0 Å². The maximum Gasteiger partial charge on any atom is -0.0225 e. The Bertz CT molecular complexity index is 1340. The van der Waals surface area contributed by atoms with Crippen molar-refractivity contribution in [2.24, 2.45) is 212 Å². The molecule has 0 saturated heterocycles. The third-order valence-corrected chi connectivity index (χ3v) is 27.8. The average molecular weight is 767 g/mol. The molecule has 0 aromatic carbocycles. The van der Waals surface area contributed by atoms with Crippen molar-refractivity contribution in [3.8, 4) is 0 Å². The molecule has 0 N–H and O–H groups in total. The van der Waals surface area contributed by atoms with Gasteiger partial charge in [0, 0.05) is 0 Å². The first-order chi connectivity index (χ1) is 26.1. The highest BCUT2D eigenvalue weighted by atomic mass is 14.9. The Morgan fingerprint density at radius 3 is 0.518 bits per heavy atom. The van der Waals surface area contributed by atoms with Gasteiger partial charge in [-0.25, -0.2) is 0 Å². The molecule has 10 aliphatic carbocycles. The number of hydrogen-bond acceptors (Lipinski definition) is 0. The van der Waals surface area contributed by atoms with E-state index < -0.39 is 0 Å². The average Bonchev–Trinajstić information content (AvgIpc) is 3.58. The molecule has 0 aromatic rings. The molecule has 28 atom stereocenters. The van der Waals surface area contributed by atoms with E-state index in [1.54, 1.807) is 0 Å². The van der Waals surface area contributed by atoms with Crippen molar-refractivity contribution in [2.75, 3.05) is 0 Å². The Hall–Kier alpha value is 0. The van der Waals surface area contributed by atoms with E-state index in [9.17, 15) is 0 Å². The van der Waals surface area contributed by atoms with Crippen LogP contribution in [-0.2, 0) is 0 Å². The topological polar surface area (TPSA) is 0 Å². The highest BCUT2D eigenvalue weighted by Crippen LogP contribution is 2.85. The van der Waals surface area contributed by atoms with Crippen LogP contribution in [0, 0.1) is 212 Å². The molecule has 0 amide bonds. The van der Waals surface area contributed by atoms with Gasteiger partial charge in [0.1, 0.15) is 0 Å². The summed E-state index contributed by atoms with van der Waals surface area (Å²) in [6.45, 7) is 56.5. The van der Waals surface area contributed by atoms with E-state index in [0.717, 1.165) is 201 Å². The summed E-state index contributed by atoms with van der Waals surface area (Å²) in [6.07, 6.45) is 0. The van der Waals surface area contributed by atoms with E-state index in [-0.39, 0.29) is 0 Å². The second kappa shape index (κ2) is 12.3. The Balaban J connectivity index is 1.25. The van der Waals surface area contributed by atoms with Gasteiger partial charge in [-0.15, -0.1) is 0 Å². The standard InChI is InChI=1S/C56H94/c1-21-27(7)39-43-40(28(21)8)46-48(54-38(18)26(6)34(14)50-32(12)24(4)36(16)52(46)56(50,54)20)42-30(10)22(2)29(9)41(44(42)43)47-45(39)51-35(15)23(3)31(11)49-33(13)25(5)37(17)53(47)55(49,51)19/h21-54H,1-20H3. The van der Waals surface area contributed by atoms with Gasteiger partial charge >= 0.3 is 0 Å². The van der Waals surface area contributed by atoms with E-state index in [4.69, 9.17) is 0 Å². The molecule has 0 aromatic heterocycles. The first kappa shape index (κ1) is 40.1. The molecule has 0 radical (unpaired) electrons. The first-order valence-corrected chi connectivity index (χ1v) is 26.1. The Kier molecular flexibility index (Phi) is 8.84. The van der Waals surface area contributed by atoms with Crippen LogP contribution in [0.25, 0.3) is 0 Å². The third kappa shape index (κ3) is 4.11. The van der Waals surface area contributed by atoms with E-state index in [2.05, 4.69) is 138 Å². The van der Waals surface area contributed by atoms with Crippen molar-refractivity contribution in [2.45, 2.75) is 138 Å². The van der Waals surface area contributed by atoms with Crippen molar-refractivity contribution in [1.29, 1.82) is 0 Å². The Labute approximate surface area is 349 Å². The summed E-state index contributed by atoms with van der Waals surface area (Å²) < 4.78 is 0. The van der Waals surface area contributed by atoms with Gasteiger partial charge in [-0.2, -0.15) is 0 Å². The molecule has 10 aliphatic rings. The zero-order chi connectivity index (χ0) is 40.6. The van der Waals surface area contributed by atoms with Crippen LogP contribution < -0.4 is 0 Å². The van der Waals surface area contributed by atoms with E-state index in [0.29, 0.717) is 10.8 Å². The van der Waals surface area contributed by atoms with Gasteiger partial charge in [0.25, 0.3) is 0 Å². The first-order valence-electron chi connectivity index (χ1n) is 26.1. The SMILES string of the molecule is CC1C(C)C2C3C(C1C)C1C(C4C(C)C(C)C(C)C(C43)C3C2C2C(C)C(C)C(C)C4C(C)C(C)C(C)C3C42C)C2C(C)C(C)C(C)C3C(C)C(C)C(C)C1C32C. The van der Waals surface area contributed by atoms with Crippen molar-refractivity contribution in [3.63, 3.8) is 0 Å². The fourth-order valence-corrected chi connectivity index (χ4v) is 25.1. The molecule has 10 saturated carbocycles. The normalized spacial score (nSPS) is 73.5. The quantitative estimate of drug-likeness (QED) is 0.230. The van der Waals surface area contributed by atoms with Crippen molar-refractivity contribution >= 4 is 0 Å². The van der Waals surface area contributed by atoms with Crippen molar-refractivity contribution < 1.29 is 0 Å². The van der Waals surface area contributed by atoms with Crippen LogP contribution in [0.2, 0.25) is 0 Å². The van der Waals surface area contributed by atoms with Crippen LogP contribution >= 0.6 is 0 Å². The summed E-state index contributed by atoms with van der Waals surface area (Å²) in [4.78, 5) is 0. The summed E-state index contributed by atoms with van der Waals surface area (Å²) >= 11 is 0. The number of rotatable bonds is 0. The third-order valence-electron chi connectivity index (χ3n) is 27.8. The van der Waals surface area contributed by atoms with Crippen molar-refractivity contribution in [1.82, 2.24) is 0 Å². The molecule has 0 nitrogen and oxygen atoms in total. The summed E-state index contributed by atoms with van der Waals surface area (Å²) in [5.74, 6) is 30.4. The zero-order valence-corrected chi connectivity index (χ0v) is 40.6. The van der Waals surface area contributed by atoms with Gasteiger partial charge in [0.2, 0.25) is 0 Å². The van der Waals surface area contributed by atoms with Gasteiger partial charge in [0.15, 0.2) is 0 Å². The molecule has 0 bridgehead atoms. The molecule has 0 spiro atoms. The molecule has 10 fully saturated rings. The molecule has 0 heterocycles. The fraction of sp³-hybridized carbons (Fsp3) is 1.00. The fourth-order valence-electron chi connectivity index (χ4n) is 25.1. The molecule has 318 valence electrons. The van der Waals surface area contributed by atoms with Crippen LogP contribution in [0.15, 0.2) is 0 Å². The molecule has 10 rings (SSSR count). The molecular formula is C56H94. The predicted octanol–water partition coefficient (Wildman–Crippen LogP) is 14.4. The van der Waals surface area contributed by atoms with Crippen LogP contribution in [-0.4, -0.2) is 0 Å². The molecule has 56 heavy (non-hydrogen) atoms. The highest BCUT2D eigenvalue weighted by molar-refractivity contribution is 5.28. The van der Waals surface area contributed by atoms with Gasteiger partial charge in [-0.3, -0.25) is 0 Å². The molecule has 0 heteroatoms. The monoisotopic (exact) mass is 767 g/mol. The minimum absolute atomic E-state index is 0.497. The lowest BCUT2D eigenvalue weighted by atomic mass is 9.32. The van der Waals surface area contributed by atoms with E-state index in [1.165, 1.54) is 0 Å². The summed E-state index contributed by atoms with van der Waals surface area (Å²) in [6, 6.07) is 0. The zero-order valence-electron chi connectivity index (χ0n) is 40.6. The molecule has 28 unspecified atom stereocenters. The molecule has 0 aliphatic heterocycles. The lowest BCUT2D eigenvalue weighted by Gasteiger charge is -2.72. The molecular weight excluding hydrogens is 673 g/mol. The van der Waals surface area contributed by atoms with Crippen LogP contribution in [0.3, 0.4) is 0 Å². The Morgan fingerprint density at radius 2 is 0.321 bits per heavy atom. The largest absolute Gasteiger partial charge is 0.0620 e. The number of hydrogen-bond donors (Lipinski definition) is 0. The summed E-state index contributed by atoms with van der Waals surface area (Å²) in [5.41, 5.74) is 0.994. The Morgan fingerprint density at radius 1 is 0.161 bits per heavy atom. The van der Waals surface area contributed by atoms with E-state index >= 15 is 0 Å². The smallest absolute Gasteiger partial charge is 0.0225 e. The maximum absolute atomic E-state index is 3.00. The van der Waals surface area contributed by atoms with Crippen LogP contribution in [0.5, 0.6) is 0 Å². The maximum atomic E-state index is 3.00. The summed E-state index contributed by atoms with van der Waals surface area (Å²) in [7, 11) is 0. The number of fused-ring (bicyclic) bond motifs is 10. The van der Waals surface area contributed by atoms with Crippen LogP contribution in [0.4, 0.5) is 0 Å². The van der Waals surface area contributed by atoms with Gasteiger partial charge in [-0.05, 0) is 212 Å². The second-order valence-corrected chi connectivity index (χ2v) is 27.1. The lowest BCUT2D eigenvalue weighted by Crippen LogP contribution is -2.68. The van der Waals surface area contributed by atoms with Crippen LogP contribution in [0.1, 0.15) is 138 Å². The van der Waals surface area contributed by atoms with Gasteiger partial charge in [-0.1, -0.05) is 138 Å².